The first-order valence-electron chi connectivity index (χ1n) is 9.73. The molecule has 3 N–H and O–H groups in total. The topological polar surface area (TPSA) is 140 Å². The number of anilines is 2. The van der Waals surface area contributed by atoms with Crippen molar-refractivity contribution < 1.29 is 9.21 Å². The Kier molecular flexibility index (Phi) is 4.05. The molecular formula is C22H18N6O3. The second-order valence-corrected chi connectivity index (χ2v) is 7.81. The smallest absolute Gasteiger partial charge is 0.408 e. The monoisotopic (exact) mass is 414 g/mol. The van der Waals surface area contributed by atoms with Gasteiger partial charge in [0, 0.05) is 24.2 Å². The lowest BCUT2D eigenvalue weighted by Gasteiger charge is -2.10. The predicted molar refractivity (Wildman–Crippen MR) is 115 cm³/mol. The van der Waals surface area contributed by atoms with Gasteiger partial charge in [-0.1, -0.05) is 0 Å². The van der Waals surface area contributed by atoms with Crippen molar-refractivity contribution in [1.82, 2.24) is 14.5 Å². The van der Waals surface area contributed by atoms with Crippen LogP contribution in [0.3, 0.4) is 0 Å². The van der Waals surface area contributed by atoms with Gasteiger partial charge < -0.3 is 15.5 Å². The third-order valence-electron chi connectivity index (χ3n) is 5.70. The maximum Gasteiger partial charge on any atom is 0.419 e. The fraction of sp³-hybridized carbons (Fsp3) is 0.227. The van der Waals surface area contributed by atoms with E-state index in [0.29, 0.717) is 40.2 Å². The molecule has 1 unspecified atom stereocenters. The van der Waals surface area contributed by atoms with E-state index in [4.69, 9.17) is 15.4 Å². The lowest BCUT2D eigenvalue weighted by Crippen LogP contribution is -2.15. The minimum atomic E-state index is -0.432. The van der Waals surface area contributed by atoms with E-state index < -0.39 is 5.76 Å². The molecule has 1 fully saturated rings. The maximum atomic E-state index is 12.3. The van der Waals surface area contributed by atoms with Gasteiger partial charge in [-0.2, -0.15) is 5.26 Å². The Morgan fingerprint density at radius 1 is 1.35 bits per heavy atom. The fourth-order valence-electron chi connectivity index (χ4n) is 3.78. The number of nitrogens with two attached hydrogens (primary N) is 1. The number of nitrogens with one attached hydrogen (secondary N) is 1. The summed E-state index contributed by atoms with van der Waals surface area (Å²) in [5.41, 5.74) is 9.66. The van der Waals surface area contributed by atoms with Gasteiger partial charge in [-0.05, 0) is 48.6 Å². The van der Waals surface area contributed by atoms with Crippen molar-refractivity contribution in [2.45, 2.75) is 13.3 Å². The van der Waals surface area contributed by atoms with E-state index in [2.05, 4.69) is 21.4 Å². The van der Waals surface area contributed by atoms with Gasteiger partial charge in [0.1, 0.15) is 11.6 Å². The van der Waals surface area contributed by atoms with Crippen molar-refractivity contribution >= 4 is 39.4 Å². The van der Waals surface area contributed by atoms with Crippen LogP contribution in [0.1, 0.15) is 12.0 Å². The molecular weight excluding hydrogens is 396 g/mol. The number of benzene rings is 1. The number of nitrogen functional groups attached to an aromatic ring is 1. The molecule has 1 amide bonds. The molecule has 4 aromatic rings. The lowest BCUT2D eigenvalue weighted by atomic mass is 10.0. The van der Waals surface area contributed by atoms with Gasteiger partial charge in [-0.15, -0.1) is 0 Å². The van der Waals surface area contributed by atoms with Crippen molar-refractivity contribution in [2.24, 2.45) is 18.9 Å². The molecule has 2 atom stereocenters. The average Bonchev–Trinajstić information content (AvgIpc) is 3.48. The molecule has 3 heterocycles. The summed E-state index contributed by atoms with van der Waals surface area (Å²) in [5.74, 6) is -0.449. The van der Waals surface area contributed by atoms with Crippen LogP contribution >= 0.6 is 0 Å². The number of nitriles is 1. The zero-order valence-corrected chi connectivity index (χ0v) is 16.8. The molecule has 3 aromatic heterocycles. The number of oxazole rings is 1. The highest BCUT2D eigenvalue weighted by Gasteiger charge is 2.43. The quantitative estimate of drug-likeness (QED) is 0.525. The molecule has 0 spiro atoms. The van der Waals surface area contributed by atoms with E-state index in [9.17, 15) is 9.59 Å². The number of aromatic nitrogens is 3. The van der Waals surface area contributed by atoms with Crippen molar-refractivity contribution in [2.75, 3.05) is 11.1 Å². The summed E-state index contributed by atoms with van der Waals surface area (Å²) in [6, 6.07) is 9.34. The Balaban J connectivity index is 1.56. The van der Waals surface area contributed by atoms with Crippen molar-refractivity contribution in [3.8, 4) is 17.3 Å². The molecule has 1 aliphatic carbocycles. The summed E-state index contributed by atoms with van der Waals surface area (Å²) in [4.78, 5) is 32.9. The van der Waals surface area contributed by atoms with E-state index in [0.717, 1.165) is 16.5 Å². The molecule has 154 valence electrons. The number of carbonyl (C=O) groups is 1. The average molecular weight is 414 g/mol. The fourth-order valence-corrected chi connectivity index (χ4v) is 3.78. The second kappa shape index (κ2) is 6.67. The number of aryl methyl sites for hydroxylation is 2. The Bertz CT molecular complexity index is 1490. The number of fused-ring (bicyclic) bond motifs is 2. The van der Waals surface area contributed by atoms with Crippen LogP contribution in [-0.4, -0.2) is 20.4 Å². The molecule has 0 bridgehead atoms. The van der Waals surface area contributed by atoms with E-state index in [1.54, 1.807) is 25.4 Å². The number of hydrogen-bond acceptors (Lipinski definition) is 7. The Morgan fingerprint density at radius 2 is 2.16 bits per heavy atom. The molecule has 5 rings (SSSR count). The summed E-state index contributed by atoms with van der Waals surface area (Å²) in [6.07, 6.45) is 2.15. The minimum Gasteiger partial charge on any atom is -0.408 e. The highest BCUT2D eigenvalue weighted by Crippen LogP contribution is 2.38. The number of pyridine rings is 2. The summed E-state index contributed by atoms with van der Waals surface area (Å²) in [5, 5.41) is 13.1. The van der Waals surface area contributed by atoms with Gasteiger partial charge in [0.2, 0.25) is 5.91 Å². The molecule has 0 radical (unpaired) electrons. The summed E-state index contributed by atoms with van der Waals surface area (Å²) in [6.45, 7) is 1.92. The lowest BCUT2D eigenvalue weighted by molar-refractivity contribution is -0.117. The van der Waals surface area contributed by atoms with E-state index in [-0.39, 0.29) is 17.7 Å². The van der Waals surface area contributed by atoms with Gasteiger partial charge >= 0.3 is 5.76 Å². The van der Waals surface area contributed by atoms with Crippen LogP contribution in [0.15, 0.2) is 39.7 Å². The van der Waals surface area contributed by atoms with Crippen molar-refractivity contribution in [3.63, 3.8) is 0 Å². The van der Waals surface area contributed by atoms with Crippen LogP contribution in [0.25, 0.3) is 33.1 Å². The first-order chi connectivity index (χ1) is 14.9. The third-order valence-corrected chi connectivity index (χ3v) is 5.70. The molecule has 9 nitrogen and oxygen atoms in total. The van der Waals surface area contributed by atoms with Gasteiger partial charge in [-0.25, -0.2) is 14.8 Å². The van der Waals surface area contributed by atoms with Crippen LogP contribution in [0, 0.1) is 30.1 Å². The standard InChI is InChI=1S/C22H18N6O3/c1-10-3-17-18(31-22(30)28(17)2)7-13(10)16-5-11-6-19(25-9-15(11)20(24)26-16)27-21(29)14-4-12(14)8-23/h3,5-7,9,12,14H,4H2,1-2H3,(H2,24,26)(H,25,27,29)/t12?,14-/m1/s1. The highest BCUT2D eigenvalue weighted by molar-refractivity contribution is 5.99. The second-order valence-electron chi connectivity index (χ2n) is 7.81. The molecule has 31 heavy (non-hydrogen) atoms. The number of amides is 1. The van der Waals surface area contributed by atoms with E-state index in [1.165, 1.54) is 4.57 Å². The van der Waals surface area contributed by atoms with E-state index in [1.807, 2.05) is 19.1 Å². The molecule has 0 aliphatic heterocycles. The van der Waals surface area contributed by atoms with Crippen LogP contribution in [0.4, 0.5) is 11.6 Å². The maximum absolute atomic E-state index is 12.3. The summed E-state index contributed by atoms with van der Waals surface area (Å²) < 4.78 is 6.76. The largest absolute Gasteiger partial charge is 0.419 e. The zero-order valence-electron chi connectivity index (χ0n) is 16.8. The van der Waals surface area contributed by atoms with Crippen molar-refractivity contribution in [3.05, 3.63) is 46.6 Å². The predicted octanol–water partition coefficient (Wildman–Crippen LogP) is 2.73. The Morgan fingerprint density at radius 3 is 2.90 bits per heavy atom. The van der Waals surface area contributed by atoms with Gasteiger partial charge in [-0.3, -0.25) is 9.36 Å². The first kappa shape index (κ1) is 18.8. The SMILES string of the molecule is Cc1cc2c(cc1-c1cc3cc(NC(=O)[C@@H]4CC4C#N)ncc3c(N)n1)oc(=O)n2C. The van der Waals surface area contributed by atoms with Crippen molar-refractivity contribution in [1.29, 1.82) is 5.26 Å². The molecule has 1 aromatic carbocycles. The summed E-state index contributed by atoms with van der Waals surface area (Å²) in [7, 11) is 1.66. The Hall–Kier alpha value is -4.19. The Labute approximate surface area is 176 Å². The van der Waals surface area contributed by atoms with Gasteiger partial charge in [0.25, 0.3) is 0 Å². The zero-order chi connectivity index (χ0) is 21.9. The number of nitrogens with zero attached hydrogens (tertiary/aromatic N) is 4. The normalized spacial score (nSPS) is 17.6. The molecule has 0 saturated heterocycles. The van der Waals surface area contributed by atoms with Gasteiger partial charge in [0.15, 0.2) is 5.58 Å². The number of hydrogen-bond donors (Lipinski definition) is 2. The number of rotatable bonds is 3. The van der Waals surface area contributed by atoms with Crippen LogP contribution in [0.5, 0.6) is 0 Å². The molecule has 1 aliphatic rings. The first-order valence-corrected chi connectivity index (χ1v) is 9.73. The van der Waals surface area contributed by atoms with E-state index >= 15 is 0 Å². The molecule has 9 heteroatoms. The molecule has 1 saturated carbocycles. The summed E-state index contributed by atoms with van der Waals surface area (Å²) >= 11 is 0. The minimum absolute atomic E-state index is 0.207. The van der Waals surface area contributed by atoms with Crippen LogP contribution < -0.4 is 16.8 Å². The number of carbonyl (C=O) groups excluding carboxylic acids is 1. The van der Waals surface area contributed by atoms with Crippen LogP contribution in [-0.2, 0) is 11.8 Å². The highest BCUT2D eigenvalue weighted by atomic mass is 16.4. The van der Waals surface area contributed by atoms with Crippen LogP contribution in [0.2, 0.25) is 0 Å². The third kappa shape index (κ3) is 3.09. The van der Waals surface area contributed by atoms with Gasteiger partial charge in [0.05, 0.1) is 29.1 Å².